The number of aryl methyl sites for hydroxylation is 1. The topological polar surface area (TPSA) is 26.0 Å². The lowest BCUT2D eigenvalue weighted by Gasteiger charge is -2.05. The van der Waals surface area contributed by atoms with E-state index in [2.05, 4.69) is 42.6 Å². The van der Waals surface area contributed by atoms with Crippen LogP contribution in [0, 0.1) is 6.92 Å². The Morgan fingerprint density at radius 1 is 1.19 bits per heavy atom. The zero-order valence-electron chi connectivity index (χ0n) is 9.73. The minimum absolute atomic E-state index is 0.231. The molecule has 2 N–H and O–H groups in total. The van der Waals surface area contributed by atoms with Gasteiger partial charge in [-0.2, -0.15) is 0 Å². The summed E-state index contributed by atoms with van der Waals surface area (Å²) in [5, 5.41) is 2.20. The second-order valence-electron chi connectivity index (χ2n) is 4.32. The molecule has 0 spiro atoms. The van der Waals surface area contributed by atoms with Gasteiger partial charge in [-0.3, -0.25) is 0 Å². The number of hydrogen-bond donors (Lipinski definition) is 1. The van der Waals surface area contributed by atoms with Crippen LogP contribution < -0.4 is 5.73 Å². The van der Waals surface area contributed by atoms with E-state index in [1.807, 2.05) is 6.92 Å². The molecule has 0 amide bonds. The number of nitrogens with two attached hydrogens (primary N) is 1. The summed E-state index contributed by atoms with van der Waals surface area (Å²) in [6.07, 6.45) is 0.947. The summed E-state index contributed by atoms with van der Waals surface area (Å²) in [6, 6.07) is 11.2. The van der Waals surface area contributed by atoms with Gasteiger partial charge in [-0.1, -0.05) is 24.3 Å². The average Bonchev–Trinajstić information content (AvgIpc) is 2.65. The van der Waals surface area contributed by atoms with Gasteiger partial charge in [0, 0.05) is 10.9 Å². The Labute approximate surface area is 101 Å². The molecule has 16 heavy (non-hydrogen) atoms. The highest BCUT2D eigenvalue weighted by Gasteiger charge is 2.01. The van der Waals surface area contributed by atoms with Gasteiger partial charge in [0.05, 0.1) is 0 Å². The molecule has 0 fully saturated rings. The molecule has 2 heteroatoms. The van der Waals surface area contributed by atoms with Crippen molar-refractivity contribution < 1.29 is 0 Å². The third-order valence-corrected chi connectivity index (χ3v) is 3.44. The highest BCUT2D eigenvalue weighted by molar-refractivity contribution is 7.10. The first-order valence-electron chi connectivity index (χ1n) is 5.55. The molecule has 1 nitrogen and oxygen atoms in total. The first-order valence-corrected chi connectivity index (χ1v) is 6.43. The Hall–Kier alpha value is -1.12. The van der Waals surface area contributed by atoms with Gasteiger partial charge < -0.3 is 5.73 Å². The first-order chi connectivity index (χ1) is 7.65. The van der Waals surface area contributed by atoms with Crippen LogP contribution >= 0.6 is 11.3 Å². The van der Waals surface area contributed by atoms with Crippen LogP contribution in [0.3, 0.4) is 0 Å². The fourth-order valence-corrected chi connectivity index (χ4v) is 2.51. The molecule has 1 unspecified atom stereocenters. The van der Waals surface area contributed by atoms with E-state index < -0.39 is 0 Å². The van der Waals surface area contributed by atoms with Gasteiger partial charge in [-0.15, -0.1) is 11.3 Å². The lowest BCUT2D eigenvalue weighted by molar-refractivity contribution is 0.738. The lowest BCUT2D eigenvalue weighted by Crippen LogP contribution is -2.17. The molecule has 1 atom stereocenters. The summed E-state index contributed by atoms with van der Waals surface area (Å²) in [5.41, 5.74) is 9.69. The molecule has 1 aromatic carbocycles. The van der Waals surface area contributed by atoms with Crippen LogP contribution in [0.5, 0.6) is 0 Å². The van der Waals surface area contributed by atoms with Crippen molar-refractivity contribution in [3.63, 3.8) is 0 Å². The quantitative estimate of drug-likeness (QED) is 0.858. The van der Waals surface area contributed by atoms with Crippen molar-refractivity contribution in [1.82, 2.24) is 0 Å². The van der Waals surface area contributed by atoms with E-state index in [1.54, 1.807) is 11.3 Å². The fourth-order valence-electron chi connectivity index (χ4n) is 1.80. The van der Waals surface area contributed by atoms with Crippen molar-refractivity contribution in [2.75, 3.05) is 0 Å². The van der Waals surface area contributed by atoms with Gasteiger partial charge in [0.25, 0.3) is 0 Å². The highest BCUT2D eigenvalue weighted by Crippen LogP contribution is 2.25. The SMILES string of the molecule is Cc1cc(-c2ccc(CC(C)N)cc2)cs1. The van der Waals surface area contributed by atoms with E-state index in [0.29, 0.717) is 0 Å². The second kappa shape index (κ2) is 4.81. The molecule has 1 aromatic heterocycles. The molecular weight excluding hydrogens is 214 g/mol. The van der Waals surface area contributed by atoms with Gasteiger partial charge in [-0.25, -0.2) is 0 Å². The summed E-state index contributed by atoms with van der Waals surface area (Å²) in [7, 11) is 0. The monoisotopic (exact) mass is 231 g/mol. The molecule has 0 saturated heterocycles. The van der Waals surface area contributed by atoms with E-state index in [1.165, 1.54) is 21.6 Å². The predicted octanol–water partition coefficient (Wildman–Crippen LogP) is 3.61. The summed E-state index contributed by atoms with van der Waals surface area (Å²) < 4.78 is 0. The minimum Gasteiger partial charge on any atom is -0.328 e. The lowest BCUT2D eigenvalue weighted by atomic mass is 10.0. The van der Waals surface area contributed by atoms with E-state index in [9.17, 15) is 0 Å². The van der Waals surface area contributed by atoms with Gasteiger partial charge in [-0.05, 0) is 48.4 Å². The van der Waals surface area contributed by atoms with Crippen molar-refractivity contribution in [2.24, 2.45) is 5.73 Å². The standard InChI is InChI=1S/C14H17NS/c1-10(15)7-12-3-5-13(6-4-12)14-8-11(2)16-9-14/h3-6,8-10H,7,15H2,1-2H3. The van der Waals surface area contributed by atoms with Crippen molar-refractivity contribution in [3.8, 4) is 11.1 Å². The van der Waals surface area contributed by atoms with Crippen LogP contribution in [0.4, 0.5) is 0 Å². The van der Waals surface area contributed by atoms with Crippen LogP contribution in [0.2, 0.25) is 0 Å². The molecule has 84 valence electrons. The van der Waals surface area contributed by atoms with E-state index in [4.69, 9.17) is 5.73 Å². The molecule has 0 aliphatic rings. The zero-order chi connectivity index (χ0) is 11.5. The maximum Gasteiger partial charge on any atom is 0.00509 e. The molecule has 0 bridgehead atoms. The Bertz CT molecular complexity index is 454. The molecule has 2 aromatic rings. The summed E-state index contributed by atoms with van der Waals surface area (Å²) >= 11 is 1.79. The van der Waals surface area contributed by atoms with E-state index in [0.717, 1.165) is 6.42 Å². The first kappa shape index (κ1) is 11.4. The summed E-state index contributed by atoms with van der Waals surface area (Å²) in [5.74, 6) is 0. The van der Waals surface area contributed by atoms with Crippen LogP contribution in [0.15, 0.2) is 35.7 Å². The van der Waals surface area contributed by atoms with Gasteiger partial charge in [0.15, 0.2) is 0 Å². The van der Waals surface area contributed by atoms with Gasteiger partial charge in [0.2, 0.25) is 0 Å². The maximum atomic E-state index is 5.78. The third kappa shape index (κ3) is 2.71. The fraction of sp³-hybridized carbons (Fsp3) is 0.286. The highest BCUT2D eigenvalue weighted by atomic mass is 32.1. The van der Waals surface area contributed by atoms with Crippen LogP contribution in [-0.4, -0.2) is 6.04 Å². The minimum atomic E-state index is 0.231. The van der Waals surface area contributed by atoms with E-state index >= 15 is 0 Å². The predicted molar refractivity (Wildman–Crippen MR) is 71.8 cm³/mol. The van der Waals surface area contributed by atoms with Crippen molar-refractivity contribution in [2.45, 2.75) is 26.3 Å². The molecule has 0 radical (unpaired) electrons. The Morgan fingerprint density at radius 2 is 1.88 bits per heavy atom. The average molecular weight is 231 g/mol. The number of thiophene rings is 1. The summed E-state index contributed by atoms with van der Waals surface area (Å²) in [6.45, 7) is 4.18. The molecule has 0 saturated carbocycles. The Morgan fingerprint density at radius 3 is 2.38 bits per heavy atom. The second-order valence-corrected chi connectivity index (χ2v) is 5.44. The van der Waals surface area contributed by atoms with Gasteiger partial charge in [0.1, 0.15) is 0 Å². The largest absolute Gasteiger partial charge is 0.328 e. The van der Waals surface area contributed by atoms with Gasteiger partial charge >= 0.3 is 0 Å². The van der Waals surface area contributed by atoms with Crippen molar-refractivity contribution >= 4 is 11.3 Å². The summed E-state index contributed by atoms with van der Waals surface area (Å²) in [4.78, 5) is 1.36. The van der Waals surface area contributed by atoms with Crippen LogP contribution in [0.1, 0.15) is 17.4 Å². The molecular formula is C14H17NS. The normalized spacial score (nSPS) is 12.7. The molecule has 0 aliphatic carbocycles. The van der Waals surface area contributed by atoms with Crippen molar-refractivity contribution in [3.05, 3.63) is 46.2 Å². The third-order valence-electron chi connectivity index (χ3n) is 2.58. The zero-order valence-corrected chi connectivity index (χ0v) is 10.6. The molecule has 1 heterocycles. The number of rotatable bonds is 3. The smallest absolute Gasteiger partial charge is 0.00509 e. The van der Waals surface area contributed by atoms with Crippen LogP contribution in [0.25, 0.3) is 11.1 Å². The molecule has 0 aliphatic heterocycles. The van der Waals surface area contributed by atoms with Crippen LogP contribution in [-0.2, 0) is 6.42 Å². The van der Waals surface area contributed by atoms with Crippen molar-refractivity contribution in [1.29, 1.82) is 0 Å². The molecule has 2 rings (SSSR count). The maximum absolute atomic E-state index is 5.78. The Balaban J connectivity index is 2.19. The Kier molecular flexibility index (Phi) is 3.42. The number of benzene rings is 1. The number of hydrogen-bond acceptors (Lipinski definition) is 2. The van der Waals surface area contributed by atoms with E-state index in [-0.39, 0.29) is 6.04 Å².